The molecule has 0 saturated heterocycles. The highest BCUT2D eigenvalue weighted by molar-refractivity contribution is 5.82. The number of carbonyl (C=O) groups is 2. The van der Waals surface area contributed by atoms with Crippen LogP contribution < -0.4 is 5.32 Å². The van der Waals surface area contributed by atoms with Crippen LogP contribution in [-0.4, -0.2) is 25.8 Å². The molecule has 0 bridgehead atoms. The minimum Gasteiger partial charge on any atom is -0.467 e. The van der Waals surface area contributed by atoms with E-state index >= 15 is 0 Å². The van der Waals surface area contributed by atoms with Gasteiger partial charge in [0.05, 0.1) is 13.7 Å². The second kappa shape index (κ2) is 8.14. The molecular formula is C14H18FNO4. The fourth-order valence-electron chi connectivity index (χ4n) is 1.52. The summed E-state index contributed by atoms with van der Waals surface area (Å²) in [4.78, 5) is 23.3. The summed E-state index contributed by atoms with van der Waals surface area (Å²) >= 11 is 0. The second-order valence-corrected chi connectivity index (χ2v) is 4.14. The van der Waals surface area contributed by atoms with Crippen LogP contribution >= 0.6 is 0 Å². The molecule has 5 nitrogen and oxygen atoms in total. The molecule has 6 heteroatoms. The van der Waals surface area contributed by atoms with Crippen molar-refractivity contribution < 1.29 is 23.5 Å². The number of alkyl carbamates (subject to hydrolysis) is 1. The third-order valence-corrected chi connectivity index (χ3v) is 2.63. The number of halogens is 1. The third kappa shape index (κ3) is 4.87. The summed E-state index contributed by atoms with van der Waals surface area (Å²) in [6, 6.07) is 4.20. The summed E-state index contributed by atoms with van der Waals surface area (Å²) in [5, 5.41) is 2.40. The van der Waals surface area contributed by atoms with Crippen molar-refractivity contribution >= 4 is 12.1 Å². The number of esters is 1. The van der Waals surface area contributed by atoms with Crippen molar-refractivity contribution in [2.45, 2.75) is 25.8 Å². The highest BCUT2D eigenvalue weighted by Crippen LogP contribution is 2.15. The molecule has 0 saturated carbocycles. The van der Waals surface area contributed by atoms with Crippen molar-refractivity contribution in [3.63, 3.8) is 0 Å². The predicted molar refractivity (Wildman–Crippen MR) is 70.5 cm³/mol. The molecule has 0 heterocycles. The molecule has 0 aliphatic rings. The summed E-state index contributed by atoms with van der Waals surface area (Å²) in [6.45, 7) is 2.25. The number of rotatable bonds is 6. The molecule has 0 aliphatic carbocycles. The van der Waals surface area contributed by atoms with Gasteiger partial charge in [0.1, 0.15) is 5.82 Å². The zero-order valence-electron chi connectivity index (χ0n) is 11.5. The number of ether oxygens (including phenoxy) is 2. The molecule has 110 valence electrons. The van der Waals surface area contributed by atoms with Gasteiger partial charge in [-0.3, -0.25) is 0 Å². The zero-order chi connectivity index (χ0) is 15.0. The van der Waals surface area contributed by atoms with E-state index in [2.05, 4.69) is 10.1 Å². The van der Waals surface area contributed by atoms with E-state index in [-0.39, 0.29) is 6.61 Å². The zero-order valence-corrected chi connectivity index (χ0v) is 11.5. The Balaban J connectivity index is 2.72. The van der Waals surface area contributed by atoms with Crippen molar-refractivity contribution in [2.75, 3.05) is 13.7 Å². The van der Waals surface area contributed by atoms with Gasteiger partial charge in [0.25, 0.3) is 0 Å². The van der Waals surface area contributed by atoms with E-state index in [1.165, 1.54) is 31.4 Å². The van der Waals surface area contributed by atoms with Gasteiger partial charge in [-0.15, -0.1) is 0 Å². The van der Waals surface area contributed by atoms with Gasteiger partial charge in [0.15, 0.2) is 6.04 Å². The summed E-state index contributed by atoms with van der Waals surface area (Å²) < 4.78 is 22.4. The van der Waals surface area contributed by atoms with Crippen LogP contribution in [0.4, 0.5) is 9.18 Å². The van der Waals surface area contributed by atoms with Crippen molar-refractivity contribution in [3.8, 4) is 0 Å². The van der Waals surface area contributed by atoms with Gasteiger partial charge < -0.3 is 14.8 Å². The Labute approximate surface area is 117 Å². The Morgan fingerprint density at radius 1 is 1.30 bits per heavy atom. The van der Waals surface area contributed by atoms with Crippen LogP contribution in [0.2, 0.25) is 0 Å². The number of unbranched alkanes of at least 4 members (excludes halogenated alkanes) is 1. The number of hydrogen-bond acceptors (Lipinski definition) is 4. The standard InChI is InChI=1S/C14H18FNO4/c1-3-4-9-20-14(18)16-12(13(17)19-2)10-5-7-11(15)8-6-10/h5-8,12H,3-4,9H2,1-2H3,(H,16,18). The number of hydrogen-bond donors (Lipinski definition) is 1. The lowest BCUT2D eigenvalue weighted by Gasteiger charge is -2.16. The molecule has 1 aromatic carbocycles. The number of nitrogens with one attached hydrogen (secondary N) is 1. The second-order valence-electron chi connectivity index (χ2n) is 4.14. The van der Waals surface area contributed by atoms with Crippen LogP contribution in [0.5, 0.6) is 0 Å². The van der Waals surface area contributed by atoms with E-state index in [0.717, 1.165) is 12.8 Å². The van der Waals surface area contributed by atoms with Crippen molar-refractivity contribution in [3.05, 3.63) is 35.6 Å². The summed E-state index contributed by atoms with van der Waals surface area (Å²) in [6.07, 6.45) is 0.927. The first-order valence-corrected chi connectivity index (χ1v) is 6.35. The Hall–Kier alpha value is -2.11. The summed E-state index contributed by atoms with van der Waals surface area (Å²) in [5.74, 6) is -1.08. The minimum atomic E-state index is -1.02. The van der Waals surface area contributed by atoms with Crippen LogP contribution in [0.1, 0.15) is 31.4 Å². The maximum Gasteiger partial charge on any atom is 0.408 e. The quantitative estimate of drug-likeness (QED) is 0.643. The molecule has 20 heavy (non-hydrogen) atoms. The van der Waals surface area contributed by atoms with Crippen LogP contribution in [-0.2, 0) is 14.3 Å². The SMILES string of the molecule is CCCCOC(=O)NC(C(=O)OC)c1ccc(F)cc1. The average Bonchev–Trinajstić information content (AvgIpc) is 2.45. The molecule has 1 aromatic rings. The maximum absolute atomic E-state index is 12.9. The molecular weight excluding hydrogens is 265 g/mol. The Morgan fingerprint density at radius 3 is 2.50 bits per heavy atom. The first-order valence-electron chi connectivity index (χ1n) is 6.35. The molecule has 0 fully saturated rings. The number of amides is 1. The molecule has 1 unspecified atom stereocenters. The number of carbonyl (C=O) groups excluding carboxylic acids is 2. The van der Waals surface area contributed by atoms with Gasteiger partial charge >= 0.3 is 12.1 Å². The van der Waals surface area contributed by atoms with Crippen LogP contribution in [0, 0.1) is 5.82 Å². The molecule has 0 radical (unpaired) electrons. The average molecular weight is 283 g/mol. The van der Waals surface area contributed by atoms with Gasteiger partial charge in [0, 0.05) is 0 Å². The molecule has 1 amide bonds. The number of benzene rings is 1. The number of methoxy groups -OCH3 is 1. The van der Waals surface area contributed by atoms with E-state index in [0.29, 0.717) is 5.56 Å². The van der Waals surface area contributed by atoms with Crippen LogP contribution in [0.25, 0.3) is 0 Å². The lowest BCUT2D eigenvalue weighted by atomic mass is 10.1. The molecule has 0 aromatic heterocycles. The monoisotopic (exact) mass is 283 g/mol. The molecule has 0 aliphatic heterocycles. The smallest absolute Gasteiger partial charge is 0.408 e. The van der Waals surface area contributed by atoms with Crippen molar-refractivity contribution in [1.29, 1.82) is 0 Å². The van der Waals surface area contributed by atoms with E-state index < -0.39 is 23.9 Å². The topological polar surface area (TPSA) is 64.6 Å². The van der Waals surface area contributed by atoms with Gasteiger partial charge in [0.2, 0.25) is 0 Å². The van der Waals surface area contributed by atoms with E-state index in [1.54, 1.807) is 0 Å². The predicted octanol–water partition coefficient (Wildman–Crippen LogP) is 2.57. The van der Waals surface area contributed by atoms with Crippen molar-refractivity contribution in [1.82, 2.24) is 5.32 Å². The van der Waals surface area contributed by atoms with Crippen molar-refractivity contribution in [2.24, 2.45) is 0 Å². The van der Waals surface area contributed by atoms with E-state index in [1.807, 2.05) is 6.92 Å². The summed E-state index contributed by atoms with van der Waals surface area (Å²) in [7, 11) is 1.21. The summed E-state index contributed by atoms with van der Waals surface area (Å²) in [5.41, 5.74) is 0.422. The Kier molecular flexibility index (Phi) is 6.49. The highest BCUT2D eigenvalue weighted by Gasteiger charge is 2.24. The van der Waals surface area contributed by atoms with E-state index in [4.69, 9.17) is 4.74 Å². The van der Waals surface area contributed by atoms with Crippen LogP contribution in [0.15, 0.2) is 24.3 Å². The normalized spacial score (nSPS) is 11.6. The first kappa shape index (κ1) is 15.9. The Morgan fingerprint density at radius 2 is 1.95 bits per heavy atom. The van der Waals surface area contributed by atoms with Gasteiger partial charge in [-0.1, -0.05) is 25.5 Å². The molecule has 1 N–H and O–H groups in total. The maximum atomic E-state index is 12.9. The lowest BCUT2D eigenvalue weighted by molar-refractivity contribution is -0.143. The van der Waals surface area contributed by atoms with E-state index in [9.17, 15) is 14.0 Å². The lowest BCUT2D eigenvalue weighted by Crippen LogP contribution is -2.35. The first-order chi connectivity index (χ1) is 9.58. The molecule has 1 atom stereocenters. The van der Waals surface area contributed by atoms with Crippen LogP contribution in [0.3, 0.4) is 0 Å². The van der Waals surface area contributed by atoms with Gasteiger partial charge in [-0.05, 0) is 24.1 Å². The fourth-order valence-corrected chi connectivity index (χ4v) is 1.52. The highest BCUT2D eigenvalue weighted by atomic mass is 19.1. The minimum absolute atomic E-state index is 0.277. The van der Waals surface area contributed by atoms with Gasteiger partial charge in [-0.25, -0.2) is 14.0 Å². The fraction of sp³-hybridized carbons (Fsp3) is 0.429. The van der Waals surface area contributed by atoms with Gasteiger partial charge in [-0.2, -0.15) is 0 Å². The molecule has 0 spiro atoms. The largest absolute Gasteiger partial charge is 0.467 e. The third-order valence-electron chi connectivity index (χ3n) is 2.63. The molecule has 1 rings (SSSR count). The Bertz CT molecular complexity index is 447.